The van der Waals surface area contributed by atoms with Crippen molar-refractivity contribution in [3.63, 3.8) is 0 Å². The van der Waals surface area contributed by atoms with Crippen molar-refractivity contribution in [2.24, 2.45) is 5.92 Å². The molecule has 1 aromatic heterocycles. The lowest BCUT2D eigenvalue weighted by Gasteiger charge is -2.21. The van der Waals surface area contributed by atoms with Crippen molar-refractivity contribution in [2.75, 3.05) is 0 Å². The molecule has 0 saturated heterocycles. The van der Waals surface area contributed by atoms with Crippen molar-refractivity contribution in [3.05, 3.63) is 89.7 Å². The monoisotopic (exact) mass is 432 g/mol. The number of aliphatic carboxylic acids is 1. The maximum absolute atomic E-state index is 12.7. The van der Waals surface area contributed by atoms with E-state index in [0.717, 1.165) is 16.7 Å². The smallest absolute Gasteiger partial charge is 0.354 e. The molecule has 3 rings (SSSR count). The van der Waals surface area contributed by atoms with E-state index in [0.29, 0.717) is 6.42 Å². The first-order valence-corrected chi connectivity index (χ1v) is 10.2. The van der Waals surface area contributed by atoms with Gasteiger partial charge in [0.1, 0.15) is 5.69 Å². The van der Waals surface area contributed by atoms with Gasteiger partial charge in [-0.1, -0.05) is 61.5 Å². The summed E-state index contributed by atoms with van der Waals surface area (Å²) >= 11 is 0. The third-order valence-corrected chi connectivity index (χ3v) is 5.18. The SMILES string of the molecule is C[C@H](C[C@@H](Cc1ccc(-c2ccccc2)cc1)NC(=O)c1ccnc(C(=O)O)c1)C(=O)O. The summed E-state index contributed by atoms with van der Waals surface area (Å²) in [5.74, 6) is -3.30. The first-order valence-electron chi connectivity index (χ1n) is 10.2. The number of rotatable bonds is 9. The van der Waals surface area contributed by atoms with Crippen LogP contribution in [0.1, 0.15) is 39.8 Å². The fourth-order valence-electron chi connectivity index (χ4n) is 3.43. The summed E-state index contributed by atoms with van der Waals surface area (Å²) in [5.41, 5.74) is 3.03. The molecule has 0 saturated carbocycles. The third-order valence-electron chi connectivity index (χ3n) is 5.18. The highest BCUT2D eigenvalue weighted by atomic mass is 16.4. The van der Waals surface area contributed by atoms with Crippen molar-refractivity contribution < 1.29 is 24.6 Å². The Kier molecular flexibility index (Phi) is 7.33. The Bertz CT molecular complexity index is 1100. The molecule has 32 heavy (non-hydrogen) atoms. The molecule has 7 nitrogen and oxygen atoms in total. The summed E-state index contributed by atoms with van der Waals surface area (Å²) in [4.78, 5) is 39.0. The lowest BCUT2D eigenvalue weighted by molar-refractivity contribution is -0.141. The van der Waals surface area contributed by atoms with Gasteiger partial charge in [0.2, 0.25) is 0 Å². The number of aromatic carboxylic acids is 1. The van der Waals surface area contributed by atoms with Crippen LogP contribution in [-0.4, -0.2) is 39.1 Å². The molecular formula is C25H24N2O5. The molecule has 0 aliphatic rings. The first kappa shape index (κ1) is 22.7. The highest BCUT2D eigenvalue weighted by Crippen LogP contribution is 2.21. The number of nitrogens with zero attached hydrogens (tertiary/aromatic N) is 1. The van der Waals surface area contributed by atoms with Gasteiger partial charge in [0.15, 0.2) is 0 Å². The van der Waals surface area contributed by atoms with Crippen molar-refractivity contribution in [3.8, 4) is 11.1 Å². The zero-order valence-corrected chi connectivity index (χ0v) is 17.6. The van der Waals surface area contributed by atoms with Gasteiger partial charge in [0.25, 0.3) is 5.91 Å². The van der Waals surface area contributed by atoms with E-state index in [1.54, 1.807) is 6.92 Å². The molecule has 0 aliphatic heterocycles. The van der Waals surface area contributed by atoms with Gasteiger partial charge in [0.05, 0.1) is 5.92 Å². The Balaban J connectivity index is 1.77. The second kappa shape index (κ2) is 10.3. The van der Waals surface area contributed by atoms with Gasteiger partial charge in [-0.15, -0.1) is 0 Å². The fraction of sp³-hybridized carbons (Fsp3) is 0.200. The number of benzene rings is 2. The second-order valence-electron chi connectivity index (χ2n) is 7.65. The quantitative estimate of drug-likeness (QED) is 0.472. The maximum Gasteiger partial charge on any atom is 0.354 e. The number of nitrogens with one attached hydrogen (secondary N) is 1. The first-order chi connectivity index (χ1) is 15.3. The predicted octanol–water partition coefficient (Wildman–Crippen LogP) is 3.90. The molecule has 0 bridgehead atoms. The molecular weight excluding hydrogens is 408 g/mol. The van der Waals surface area contributed by atoms with Gasteiger partial charge in [-0.05, 0) is 41.7 Å². The van der Waals surface area contributed by atoms with E-state index in [9.17, 15) is 19.5 Å². The summed E-state index contributed by atoms with van der Waals surface area (Å²) in [6.45, 7) is 1.59. The number of carbonyl (C=O) groups excluding carboxylic acids is 1. The van der Waals surface area contributed by atoms with Crippen LogP contribution in [0.2, 0.25) is 0 Å². The van der Waals surface area contributed by atoms with E-state index in [4.69, 9.17) is 5.11 Å². The Hall–Kier alpha value is -4.00. The predicted molar refractivity (Wildman–Crippen MR) is 119 cm³/mol. The Morgan fingerprint density at radius 2 is 1.59 bits per heavy atom. The van der Waals surface area contributed by atoms with E-state index < -0.39 is 29.8 Å². The van der Waals surface area contributed by atoms with Crippen LogP contribution in [0.4, 0.5) is 0 Å². The van der Waals surface area contributed by atoms with Crippen LogP contribution in [0.15, 0.2) is 72.9 Å². The van der Waals surface area contributed by atoms with Gasteiger partial charge in [-0.25, -0.2) is 9.78 Å². The molecule has 0 aliphatic carbocycles. The molecule has 0 radical (unpaired) electrons. The summed E-state index contributed by atoms with van der Waals surface area (Å²) in [7, 11) is 0. The van der Waals surface area contributed by atoms with Crippen molar-refractivity contribution in [1.29, 1.82) is 0 Å². The van der Waals surface area contributed by atoms with Gasteiger partial charge < -0.3 is 15.5 Å². The average Bonchev–Trinajstić information content (AvgIpc) is 2.80. The molecule has 0 unspecified atom stereocenters. The summed E-state index contributed by atoms with van der Waals surface area (Å²) in [6.07, 6.45) is 1.93. The van der Waals surface area contributed by atoms with E-state index in [1.165, 1.54) is 18.3 Å². The molecule has 3 aromatic rings. The number of carboxylic acid groups (broad SMARTS) is 2. The average molecular weight is 432 g/mol. The highest BCUT2D eigenvalue weighted by Gasteiger charge is 2.22. The minimum atomic E-state index is -1.23. The molecule has 1 amide bonds. The molecule has 7 heteroatoms. The third kappa shape index (κ3) is 6.01. The van der Waals surface area contributed by atoms with E-state index in [1.807, 2.05) is 54.6 Å². The number of pyridine rings is 1. The van der Waals surface area contributed by atoms with Crippen LogP contribution >= 0.6 is 0 Å². The number of hydrogen-bond donors (Lipinski definition) is 3. The molecule has 164 valence electrons. The van der Waals surface area contributed by atoms with Gasteiger partial charge in [-0.2, -0.15) is 0 Å². The minimum absolute atomic E-state index is 0.157. The second-order valence-corrected chi connectivity index (χ2v) is 7.65. The van der Waals surface area contributed by atoms with Gasteiger partial charge >= 0.3 is 11.9 Å². The molecule has 3 N–H and O–H groups in total. The molecule has 0 fully saturated rings. The molecule has 2 aromatic carbocycles. The van der Waals surface area contributed by atoms with Crippen molar-refractivity contribution in [1.82, 2.24) is 10.3 Å². The lowest BCUT2D eigenvalue weighted by atomic mass is 9.94. The highest BCUT2D eigenvalue weighted by molar-refractivity contribution is 5.96. The van der Waals surface area contributed by atoms with Crippen LogP contribution < -0.4 is 5.32 Å². The van der Waals surface area contributed by atoms with Crippen molar-refractivity contribution >= 4 is 17.8 Å². The number of aromatic nitrogens is 1. The lowest BCUT2D eigenvalue weighted by Crippen LogP contribution is -2.38. The van der Waals surface area contributed by atoms with Crippen LogP contribution in [0.3, 0.4) is 0 Å². The normalized spacial score (nSPS) is 12.5. The number of hydrogen-bond acceptors (Lipinski definition) is 4. The van der Waals surface area contributed by atoms with Crippen molar-refractivity contribution in [2.45, 2.75) is 25.8 Å². The van der Waals surface area contributed by atoms with E-state index in [-0.39, 0.29) is 17.7 Å². The van der Waals surface area contributed by atoms with Crippen LogP contribution in [0, 0.1) is 5.92 Å². The standard InChI is InChI=1S/C25H24N2O5/c1-16(24(29)30)13-21(27-23(28)20-11-12-26-22(15-20)25(31)32)14-17-7-9-19(10-8-17)18-5-3-2-4-6-18/h2-12,15-16,21H,13-14H2,1H3,(H,27,28)(H,29,30)(H,31,32)/t16-,21+/m1/s1. The van der Waals surface area contributed by atoms with Crippen LogP contribution in [0.5, 0.6) is 0 Å². The zero-order chi connectivity index (χ0) is 23.1. The number of carboxylic acids is 2. The fourth-order valence-corrected chi connectivity index (χ4v) is 3.43. The topological polar surface area (TPSA) is 117 Å². The van der Waals surface area contributed by atoms with Gasteiger partial charge in [-0.3, -0.25) is 9.59 Å². The van der Waals surface area contributed by atoms with E-state index in [2.05, 4.69) is 10.3 Å². The zero-order valence-electron chi connectivity index (χ0n) is 17.6. The van der Waals surface area contributed by atoms with Crippen LogP contribution in [0.25, 0.3) is 11.1 Å². The molecule has 2 atom stereocenters. The Morgan fingerprint density at radius 1 is 0.938 bits per heavy atom. The minimum Gasteiger partial charge on any atom is -0.481 e. The van der Waals surface area contributed by atoms with Gasteiger partial charge in [0, 0.05) is 17.8 Å². The summed E-state index contributed by atoms with van der Waals surface area (Å²) in [5, 5.41) is 21.3. The summed E-state index contributed by atoms with van der Waals surface area (Å²) < 4.78 is 0. The number of amides is 1. The summed E-state index contributed by atoms with van der Waals surface area (Å²) in [6, 6.07) is 20.0. The largest absolute Gasteiger partial charge is 0.481 e. The Labute approximate surface area is 185 Å². The Morgan fingerprint density at radius 3 is 2.22 bits per heavy atom. The maximum atomic E-state index is 12.7. The number of carbonyl (C=O) groups is 3. The van der Waals surface area contributed by atoms with Crippen LogP contribution in [-0.2, 0) is 11.2 Å². The van der Waals surface area contributed by atoms with E-state index >= 15 is 0 Å². The molecule has 1 heterocycles. The molecule has 0 spiro atoms.